The third kappa shape index (κ3) is 5.26. The maximum atomic E-state index is 12.1. The van der Waals surface area contributed by atoms with E-state index in [1.807, 2.05) is 41.5 Å². The molecule has 0 saturated heterocycles. The SMILES string of the molecule is CC(C)C(C)NS(=O)(=O)c1ccc(CNC(C)(C)C)o1. The van der Waals surface area contributed by atoms with E-state index in [1.54, 1.807) is 6.07 Å². The predicted molar refractivity (Wildman–Crippen MR) is 79.9 cm³/mol. The van der Waals surface area contributed by atoms with Gasteiger partial charge in [-0.05, 0) is 45.7 Å². The molecule has 0 aliphatic heterocycles. The minimum absolute atomic E-state index is 0.0318. The Morgan fingerprint density at radius 1 is 1.20 bits per heavy atom. The second-order valence-corrected chi connectivity index (χ2v) is 8.12. The summed E-state index contributed by atoms with van der Waals surface area (Å²) < 4.78 is 32.3. The number of hydrogen-bond donors (Lipinski definition) is 2. The first-order chi connectivity index (χ1) is 9.01. The Morgan fingerprint density at radius 3 is 2.30 bits per heavy atom. The molecule has 5 nitrogen and oxygen atoms in total. The molecule has 1 heterocycles. The Balaban J connectivity index is 2.75. The standard InChI is InChI=1S/C14H26N2O3S/c1-10(2)11(3)16-20(17,18)13-8-7-12(19-13)9-15-14(4,5)6/h7-8,10-11,15-16H,9H2,1-6H3. The lowest BCUT2D eigenvalue weighted by Crippen LogP contribution is -2.36. The van der Waals surface area contributed by atoms with E-state index in [0.717, 1.165) is 0 Å². The van der Waals surface area contributed by atoms with Gasteiger partial charge in [-0.1, -0.05) is 13.8 Å². The third-order valence-electron chi connectivity index (χ3n) is 3.04. The Kier molecular flexibility index (Phi) is 5.40. The maximum absolute atomic E-state index is 12.1. The fourth-order valence-electron chi connectivity index (χ4n) is 1.39. The van der Waals surface area contributed by atoms with Crippen molar-refractivity contribution in [1.29, 1.82) is 0 Å². The highest BCUT2D eigenvalue weighted by molar-refractivity contribution is 7.89. The van der Waals surface area contributed by atoms with Gasteiger partial charge in [-0.15, -0.1) is 0 Å². The second kappa shape index (κ2) is 6.28. The molecule has 0 spiro atoms. The summed E-state index contributed by atoms with van der Waals surface area (Å²) >= 11 is 0. The van der Waals surface area contributed by atoms with E-state index >= 15 is 0 Å². The van der Waals surface area contributed by atoms with E-state index in [-0.39, 0.29) is 22.6 Å². The van der Waals surface area contributed by atoms with Gasteiger partial charge in [0.05, 0.1) is 6.54 Å². The number of hydrogen-bond acceptors (Lipinski definition) is 4. The molecule has 0 radical (unpaired) electrons. The Morgan fingerprint density at radius 2 is 1.80 bits per heavy atom. The Bertz CT molecular complexity index is 527. The molecule has 6 heteroatoms. The zero-order valence-electron chi connectivity index (χ0n) is 13.1. The van der Waals surface area contributed by atoms with Crippen molar-refractivity contribution in [3.8, 4) is 0 Å². The van der Waals surface area contributed by atoms with Crippen molar-refractivity contribution in [2.24, 2.45) is 5.92 Å². The van der Waals surface area contributed by atoms with Crippen LogP contribution in [0.2, 0.25) is 0 Å². The fourth-order valence-corrected chi connectivity index (χ4v) is 2.73. The number of furan rings is 1. The number of rotatable bonds is 6. The van der Waals surface area contributed by atoms with E-state index in [2.05, 4.69) is 10.0 Å². The van der Waals surface area contributed by atoms with E-state index in [9.17, 15) is 8.42 Å². The normalized spacial score (nSPS) is 14.8. The van der Waals surface area contributed by atoms with Gasteiger partial charge in [0.25, 0.3) is 10.0 Å². The summed E-state index contributed by atoms with van der Waals surface area (Å²) in [4.78, 5) is 0. The van der Waals surface area contributed by atoms with E-state index in [4.69, 9.17) is 4.42 Å². The zero-order valence-corrected chi connectivity index (χ0v) is 14.0. The molecule has 116 valence electrons. The molecule has 0 aliphatic rings. The van der Waals surface area contributed by atoms with Crippen molar-refractivity contribution >= 4 is 10.0 Å². The molecule has 1 unspecified atom stereocenters. The van der Waals surface area contributed by atoms with Gasteiger partial charge >= 0.3 is 0 Å². The van der Waals surface area contributed by atoms with Crippen molar-refractivity contribution in [2.45, 2.75) is 64.8 Å². The van der Waals surface area contributed by atoms with Crippen LogP contribution in [0.4, 0.5) is 0 Å². The first-order valence-electron chi connectivity index (χ1n) is 6.87. The van der Waals surface area contributed by atoms with Crippen LogP contribution in [0.15, 0.2) is 21.6 Å². The van der Waals surface area contributed by atoms with Crippen LogP contribution in [-0.2, 0) is 16.6 Å². The third-order valence-corrected chi connectivity index (χ3v) is 4.47. The van der Waals surface area contributed by atoms with E-state index in [0.29, 0.717) is 12.3 Å². The predicted octanol–water partition coefficient (Wildman–Crippen LogP) is 2.49. The van der Waals surface area contributed by atoms with Crippen molar-refractivity contribution < 1.29 is 12.8 Å². The average Bonchev–Trinajstić information content (AvgIpc) is 2.73. The van der Waals surface area contributed by atoms with Crippen molar-refractivity contribution in [2.75, 3.05) is 0 Å². The van der Waals surface area contributed by atoms with E-state index in [1.165, 1.54) is 6.07 Å². The van der Waals surface area contributed by atoms with Gasteiger partial charge in [-0.3, -0.25) is 0 Å². The van der Waals surface area contributed by atoms with Gasteiger partial charge in [-0.2, -0.15) is 0 Å². The quantitative estimate of drug-likeness (QED) is 0.847. The van der Waals surface area contributed by atoms with Gasteiger partial charge in [0.1, 0.15) is 5.76 Å². The van der Waals surface area contributed by atoms with Crippen LogP contribution in [-0.4, -0.2) is 20.0 Å². The first kappa shape index (κ1) is 17.2. The molecule has 2 N–H and O–H groups in total. The molecule has 0 aromatic carbocycles. The lowest BCUT2D eigenvalue weighted by Gasteiger charge is -2.19. The summed E-state index contributed by atoms with van der Waals surface area (Å²) in [5.41, 5.74) is -0.0454. The van der Waals surface area contributed by atoms with Gasteiger partial charge in [0, 0.05) is 11.6 Å². The fraction of sp³-hybridized carbons (Fsp3) is 0.714. The molecule has 1 atom stereocenters. The molecule has 1 rings (SSSR count). The van der Waals surface area contributed by atoms with Gasteiger partial charge in [-0.25, -0.2) is 13.1 Å². The Labute approximate surface area is 122 Å². The highest BCUT2D eigenvalue weighted by Crippen LogP contribution is 2.16. The summed E-state index contributed by atoms with van der Waals surface area (Å²) in [5.74, 6) is 0.833. The lowest BCUT2D eigenvalue weighted by molar-refractivity contribution is 0.357. The van der Waals surface area contributed by atoms with Crippen LogP contribution in [0.5, 0.6) is 0 Å². The van der Waals surface area contributed by atoms with Crippen LogP contribution >= 0.6 is 0 Å². The topological polar surface area (TPSA) is 71.3 Å². The molecular weight excluding hydrogens is 276 g/mol. The average molecular weight is 302 g/mol. The smallest absolute Gasteiger partial charge is 0.274 e. The van der Waals surface area contributed by atoms with Gasteiger partial charge in [0.15, 0.2) is 0 Å². The molecular formula is C14H26N2O3S. The summed E-state index contributed by atoms with van der Waals surface area (Å²) in [5, 5.41) is 3.22. The van der Waals surface area contributed by atoms with Crippen LogP contribution < -0.4 is 10.0 Å². The minimum atomic E-state index is -3.58. The molecule has 20 heavy (non-hydrogen) atoms. The van der Waals surface area contributed by atoms with Crippen LogP contribution in [0.1, 0.15) is 47.3 Å². The maximum Gasteiger partial charge on any atom is 0.274 e. The number of sulfonamides is 1. The summed E-state index contributed by atoms with van der Waals surface area (Å²) in [6, 6.07) is 3.05. The van der Waals surface area contributed by atoms with Crippen molar-refractivity contribution in [3.63, 3.8) is 0 Å². The summed E-state index contributed by atoms with van der Waals surface area (Å²) in [6.45, 7) is 12.4. The van der Waals surface area contributed by atoms with Crippen LogP contribution in [0, 0.1) is 5.92 Å². The van der Waals surface area contributed by atoms with Crippen LogP contribution in [0.3, 0.4) is 0 Å². The highest BCUT2D eigenvalue weighted by atomic mass is 32.2. The van der Waals surface area contributed by atoms with Gasteiger partial charge in [0.2, 0.25) is 5.09 Å². The minimum Gasteiger partial charge on any atom is -0.447 e. The molecule has 1 aromatic rings. The first-order valence-corrected chi connectivity index (χ1v) is 8.35. The molecule has 0 saturated carbocycles. The molecule has 0 fully saturated rings. The second-order valence-electron chi connectivity index (χ2n) is 6.48. The van der Waals surface area contributed by atoms with Crippen molar-refractivity contribution in [3.05, 3.63) is 17.9 Å². The monoisotopic (exact) mass is 302 g/mol. The molecule has 0 amide bonds. The zero-order chi connectivity index (χ0) is 15.6. The van der Waals surface area contributed by atoms with Crippen LogP contribution in [0.25, 0.3) is 0 Å². The summed E-state index contributed by atoms with van der Waals surface area (Å²) in [7, 11) is -3.58. The Hall–Kier alpha value is -0.850. The summed E-state index contributed by atoms with van der Waals surface area (Å²) in [6.07, 6.45) is 0. The molecule has 0 bridgehead atoms. The lowest BCUT2D eigenvalue weighted by atomic mass is 10.1. The van der Waals surface area contributed by atoms with E-state index < -0.39 is 10.0 Å². The number of nitrogens with one attached hydrogen (secondary N) is 2. The molecule has 1 aromatic heterocycles. The largest absolute Gasteiger partial charge is 0.447 e. The molecule has 0 aliphatic carbocycles. The van der Waals surface area contributed by atoms with Gasteiger partial charge < -0.3 is 9.73 Å². The highest BCUT2D eigenvalue weighted by Gasteiger charge is 2.22. The van der Waals surface area contributed by atoms with Crippen molar-refractivity contribution in [1.82, 2.24) is 10.0 Å².